The zero-order chi connectivity index (χ0) is 14.5. The molecule has 6 heteroatoms. The van der Waals surface area contributed by atoms with Crippen LogP contribution in [0.1, 0.15) is 17.4 Å². The molecule has 20 heavy (non-hydrogen) atoms. The number of hydrogen-bond acceptors (Lipinski definition) is 4. The van der Waals surface area contributed by atoms with Gasteiger partial charge in [0.25, 0.3) is 0 Å². The second-order valence-corrected chi connectivity index (χ2v) is 6.01. The molecule has 0 aliphatic heterocycles. The van der Waals surface area contributed by atoms with E-state index in [4.69, 9.17) is 4.74 Å². The molecule has 0 bridgehead atoms. The molecule has 0 amide bonds. The fourth-order valence-electron chi connectivity index (χ4n) is 1.79. The van der Waals surface area contributed by atoms with Crippen LogP contribution < -0.4 is 4.74 Å². The number of hydrogen-bond donors (Lipinski definition) is 0. The number of methoxy groups -OCH3 is 1. The smallest absolute Gasteiger partial charge is 0.194 e. The van der Waals surface area contributed by atoms with E-state index in [9.17, 15) is 4.79 Å². The van der Waals surface area contributed by atoms with Crippen LogP contribution in [0.3, 0.4) is 0 Å². The standard InChI is InChI=1S/C14H15BrN2O2S/c1-3-17-14(13(19-2)8-16-17)12(18)9-20-11-6-4-10(15)5-7-11/h4-8H,3,9H2,1-2H3. The van der Waals surface area contributed by atoms with E-state index in [1.54, 1.807) is 18.0 Å². The summed E-state index contributed by atoms with van der Waals surface area (Å²) in [6.07, 6.45) is 1.58. The molecule has 0 spiro atoms. The molecule has 4 nitrogen and oxygen atoms in total. The summed E-state index contributed by atoms with van der Waals surface area (Å²) in [6, 6.07) is 7.89. The second kappa shape index (κ2) is 6.95. The summed E-state index contributed by atoms with van der Waals surface area (Å²) < 4.78 is 7.89. The van der Waals surface area contributed by atoms with Crippen LogP contribution in [0.5, 0.6) is 5.75 Å². The van der Waals surface area contributed by atoms with Crippen molar-refractivity contribution in [3.63, 3.8) is 0 Å². The average molecular weight is 355 g/mol. The topological polar surface area (TPSA) is 44.1 Å². The highest BCUT2D eigenvalue weighted by Crippen LogP contribution is 2.24. The zero-order valence-corrected chi connectivity index (χ0v) is 13.7. The van der Waals surface area contributed by atoms with E-state index < -0.39 is 0 Å². The molecular formula is C14H15BrN2O2S. The molecule has 0 aliphatic carbocycles. The van der Waals surface area contributed by atoms with Gasteiger partial charge in [-0.3, -0.25) is 9.48 Å². The Morgan fingerprint density at radius 2 is 2.10 bits per heavy atom. The van der Waals surface area contributed by atoms with E-state index in [0.717, 1.165) is 9.37 Å². The second-order valence-electron chi connectivity index (χ2n) is 4.04. The first-order valence-corrected chi connectivity index (χ1v) is 7.95. The summed E-state index contributed by atoms with van der Waals surface area (Å²) in [6.45, 7) is 2.60. The molecule has 1 heterocycles. The van der Waals surface area contributed by atoms with Gasteiger partial charge in [-0.2, -0.15) is 5.10 Å². The maximum absolute atomic E-state index is 12.3. The lowest BCUT2D eigenvalue weighted by Gasteiger charge is -2.06. The largest absolute Gasteiger partial charge is 0.493 e. The number of aryl methyl sites for hydroxylation is 1. The minimum atomic E-state index is 0.0223. The lowest BCUT2D eigenvalue weighted by molar-refractivity contribution is 0.100. The molecule has 0 saturated carbocycles. The molecular weight excluding hydrogens is 340 g/mol. The quantitative estimate of drug-likeness (QED) is 0.586. The van der Waals surface area contributed by atoms with Gasteiger partial charge in [-0.05, 0) is 31.2 Å². The average Bonchev–Trinajstić information content (AvgIpc) is 2.89. The fourth-order valence-corrected chi connectivity index (χ4v) is 2.81. The Labute approximate surface area is 130 Å². The number of rotatable bonds is 6. The molecule has 0 atom stereocenters. The lowest BCUT2D eigenvalue weighted by atomic mass is 10.3. The molecule has 0 saturated heterocycles. The number of ketones is 1. The Kier molecular flexibility index (Phi) is 5.25. The molecule has 1 aromatic carbocycles. The van der Waals surface area contributed by atoms with E-state index in [1.165, 1.54) is 11.8 Å². The van der Waals surface area contributed by atoms with Gasteiger partial charge in [0, 0.05) is 15.9 Å². The van der Waals surface area contributed by atoms with Gasteiger partial charge in [0.15, 0.2) is 11.5 Å². The minimum Gasteiger partial charge on any atom is -0.493 e. The van der Waals surface area contributed by atoms with Gasteiger partial charge in [-0.15, -0.1) is 11.8 Å². The van der Waals surface area contributed by atoms with Gasteiger partial charge < -0.3 is 4.74 Å². The van der Waals surface area contributed by atoms with E-state index >= 15 is 0 Å². The number of halogens is 1. The highest BCUT2D eigenvalue weighted by molar-refractivity contribution is 9.10. The van der Waals surface area contributed by atoms with Gasteiger partial charge in [0.1, 0.15) is 5.69 Å². The van der Waals surface area contributed by atoms with E-state index in [2.05, 4.69) is 21.0 Å². The summed E-state index contributed by atoms with van der Waals surface area (Å²) in [4.78, 5) is 13.4. The van der Waals surface area contributed by atoms with Crippen LogP contribution >= 0.6 is 27.7 Å². The Morgan fingerprint density at radius 3 is 2.70 bits per heavy atom. The molecule has 1 aromatic heterocycles. The summed E-state index contributed by atoms with van der Waals surface area (Å²) in [5, 5.41) is 4.15. The molecule has 0 fully saturated rings. The Morgan fingerprint density at radius 1 is 1.40 bits per heavy atom. The van der Waals surface area contributed by atoms with E-state index in [1.807, 2.05) is 31.2 Å². The SMILES string of the molecule is CCn1ncc(OC)c1C(=O)CSc1ccc(Br)cc1. The van der Waals surface area contributed by atoms with Crippen molar-refractivity contribution in [2.45, 2.75) is 18.4 Å². The van der Waals surface area contributed by atoms with Crippen molar-refractivity contribution >= 4 is 33.5 Å². The molecule has 106 valence electrons. The van der Waals surface area contributed by atoms with Gasteiger partial charge >= 0.3 is 0 Å². The number of thioether (sulfide) groups is 1. The summed E-state index contributed by atoms with van der Waals surface area (Å²) in [5.74, 6) is 0.923. The number of carbonyl (C=O) groups is 1. The summed E-state index contributed by atoms with van der Waals surface area (Å²) in [5.41, 5.74) is 0.541. The first-order chi connectivity index (χ1) is 9.65. The highest BCUT2D eigenvalue weighted by atomic mass is 79.9. The Hall–Kier alpha value is -1.27. The number of benzene rings is 1. The van der Waals surface area contributed by atoms with Crippen molar-refractivity contribution in [3.05, 3.63) is 40.6 Å². The lowest BCUT2D eigenvalue weighted by Crippen LogP contribution is -2.12. The Balaban J connectivity index is 2.08. The van der Waals surface area contributed by atoms with E-state index in [-0.39, 0.29) is 5.78 Å². The maximum atomic E-state index is 12.3. The predicted octanol–water partition coefficient (Wildman–Crippen LogP) is 3.65. The zero-order valence-electron chi connectivity index (χ0n) is 11.3. The molecule has 2 aromatic rings. The van der Waals surface area contributed by atoms with Crippen LogP contribution in [0.2, 0.25) is 0 Å². The van der Waals surface area contributed by atoms with Crippen LogP contribution in [0.25, 0.3) is 0 Å². The van der Waals surface area contributed by atoms with Crippen LogP contribution in [0, 0.1) is 0 Å². The molecule has 0 radical (unpaired) electrons. The number of nitrogens with zero attached hydrogens (tertiary/aromatic N) is 2. The van der Waals surface area contributed by atoms with Crippen molar-refractivity contribution in [2.24, 2.45) is 0 Å². The van der Waals surface area contributed by atoms with Crippen LogP contribution in [-0.4, -0.2) is 28.4 Å². The molecule has 0 aliphatic rings. The van der Waals surface area contributed by atoms with Crippen LogP contribution in [0.15, 0.2) is 39.8 Å². The predicted molar refractivity (Wildman–Crippen MR) is 83.6 cm³/mol. The van der Waals surface area contributed by atoms with E-state index in [0.29, 0.717) is 23.7 Å². The third-order valence-corrected chi connectivity index (χ3v) is 4.31. The third kappa shape index (κ3) is 3.43. The summed E-state index contributed by atoms with van der Waals surface area (Å²) in [7, 11) is 1.55. The minimum absolute atomic E-state index is 0.0223. The number of aromatic nitrogens is 2. The normalized spacial score (nSPS) is 10.6. The van der Waals surface area contributed by atoms with Crippen molar-refractivity contribution in [1.29, 1.82) is 0 Å². The number of ether oxygens (including phenoxy) is 1. The molecule has 0 unspecified atom stereocenters. The fraction of sp³-hybridized carbons (Fsp3) is 0.286. The van der Waals surface area contributed by atoms with Crippen LogP contribution in [0.4, 0.5) is 0 Å². The number of carbonyl (C=O) groups excluding carboxylic acids is 1. The monoisotopic (exact) mass is 354 g/mol. The highest BCUT2D eigenvalue weighted by Gasteiger charge is 2.18. The van der Waals surface area contributed by atoms with Crippen LogP contribution in [-0.2, 0) is 6.54 Å². The van der Waals surface area contributed by atoms with Gasteiger partial charge in [-0.25, -0.2) is 0 Å². The molecule has 0 N–H and O–H groups in total. The van der Waals surface area contributed by atoms with Crippen molar-refractivity contribution in [1.82, 2.24) is 9.78 Å². The van der Waals surface area contributed by atoms with Crippen molar-refractivity contribution < 1.29 is 9.53 Å². The Bertz CT molecular complexity index is 574. The first kappa shape index (κ1) is 15.1. The summed E-state index contributed by atoms with van der Waals surface area (Å²) >= 11 is 4.90. The van der Waals surface area contributed by atoms with Gasteiger partial charge in [0.05, 0.1) is 19.1 Å². The molecule has 2 rings (SSSR count). The third-order valence-electron chi connectivity index (χ3n) is 2.77. The first-order valence-electron chi connectivity index (χ1n) is 6.17. The van der Waals surface area contributed by atoms with Gasteiger partial charge in [-0.1, -0.05) is 15.9 Å². The maximum Gasteiger partial charge on any atom is 0.194 e. The van der Waals surface area contributed by atoms with Crippen molar-refractivity contribution in [3.8, 4) is 5.75 Å². The van der Waals surface area contributed by atoms with Crippen molar-refractivity contribution in [2.75, 3.05) is 12.9 Å². The number of Topliss-reactive ketones (excluding diaryl/α,β-unsaturated/α-hetero) is 1. The van der Waals surface area contributed by atoms with Gasteiger partial charge in [0.2, 0.25) is 0 Å².